The van der Waals surface area contributed by atoms with E-state index in [9.17, 15) is 14.7 Å². The number of hydrogen-bond acceptors (Lipinski definition) is 7. The second-order valence-electron chi connectivity index (χ2n) is 7.94. The summed E-state index contributed by atoms with van der Waals surface area (Å²) >= 11 is 0. The van der Waals surface area contributed by atoms with Crippen molar-refractivity contribution in [2.24, 2.45) is 0 Å². The first kappa shape index (κ1) is 20.9. The summed E-state index contributed by atoms with van der Waals surface area (Å²) in [5.74, 6) is 0.522. The minimum atomic E-state index is -1.03. The molecule has 1 fully saturated rings. The summed E-state index contributed by atoms with van der Waals surface area (Å²) < 4.78 is 5.34. The van der Waals surface area contributed by atoms with Gasteiger partial charge < -0.3 is 25.0 Å². The van der Waals surface area contributed by atoms with Crippen LogP contribution in [0.25, 0.3) is 0 Å². The van der Waals surface area contributed by atoms with Crippen LogP contribution in [0.1, 0.15) is 48.9 Å². The molecule has 2 N–H and O–H groups in total. The monoisotopic (exact) mass is 425 g/mol. The van der Waals surface area contributed by atoms with Gasteiger partial charge in [-0.25, -0.2) is 9.78 Å². The maximum atomic E-state index is 12.5. The van der Waals surface area contributed by atoms with Crippen molar-refractivity contribution in [2.75, 3.05) is 35.8 Å². The standard InChI is InChI=1S/C22H27N5O4/c1-26-17-13-23-22(24-16-9-8-14(21(29)30)12-18(16)31-2)25-20(17)27(11-10-19(26)28)15-6-4-3-5-7-15/h8-9,12-13,15H,3-7,10-11H2,1-2H3,(H,29,30)(H,23,24,25). The number of fused-ring (bicyclic) bond motifs is 1. The first-order chi connectivity index (χ1) is 15.0. The maximum absolute atomic E-state index is 12.5. The zero-order valence-electron chi connectivity index (χ0n) is 17.8. The average Bonchev–Trinajstić information content (AvgIpc) is 2.91. The predicted octanol–water partition coefficient (Wildman–Crippen LogP) is 3.43. The first-order valence-corrected chi connectivity index (χ1v) is 10.6. The number of carboxylic acid groups (broad SMARTS) is 1. The highest BCUT2D eigenvalue weighted by Crippen LogP contribution is 2.36. The van der Waals surface area contributed by atoms with Crippen molar-refractivity contribution >= 4 is 35.0 Å². The van der Waals surface area contributed by atoms with Gasteiger partial charge in [-0.1, -0.05) is 19.3 Å². The summed E-state index contributed by atoms with van der Waals surface area (Å²) in [7, 11) is 3.24. The van der Waals surface area contributed by atoms with Crippen molar-refractivity contribution in [3.63, 3.8) is 0 Å². The van der Waals surface area contributed by atoms with Gasteiger partial charge in [-0.3, -0.25) is 4.79 Å². The van der Waals surface area contributed by atoms with E-state index in [-0.39, 0.29) is 11.5 Å². The Bertz CT molecular complexity index is 990. The fourth-order valence-electron chi connectivity index (χ4n) is 4.29. The zero-order valence-corrected chi connectivity index (χ0v) is 17.8. The van der Waals surface area contributed by atoms with E-state index in [0.29, 0.717) is 42.1 Å². The molecule has 1 aliphatic heterocycles. The number of nitrogens with zero attached hydrogens (tertiary/aromatic N) is 4. The van der Waals surface area contributed by atoms with E-state index in [1.807, 2.05) is 0 Å². The fraction of sp³-hybridized carbons (Fsp3) is 0.455. The van der Waals surface area contributed by atoms with Crippen LogP contribution in [0.2, 0.25) is 0 Å². The van der Waals surface area contributed by atoms with Gasteiger partial charge in [0.15, 0.2) is 5.82 Å². The maximum Gasteiger partial charge on any atom is 0.335 e. The molecule has 9 nitrogen and oxygen atoms in total. The highest BCUT2D eigenvalue weighted by atomic mass is 16.5. The molecule has 1 aliphatic carbocycles. The summed E-state index contributed by atoms with van der Waals surface area (Å²) in [6.07, 6.45) is 7.91. The van der Waals surface area contributed by atoms with E-state index in [4.69, 9.17) is 9.72 Å². The number of methoxy groups -OCH3 is 1. The van der Waals surface area contributed by atoms with Gasteiger partial charge in [0.1, 0.15) is 11.4 Å². The smallest absolute Gasteiger partial charge is 0.335 e. The second-order valence-corrected chi connectivity index (χ2v) is 7.94. The number of carbonyl (C=O) groups is 2. The zero-order chi connectivity index (χ0) is 22.0. The van der Waals surface area contributed by atoms with Crippen LogP contribution in [0.4, 0.5) is 23.1 Å². The highest BCUT2D eigenvalue weighted by Gasteiger charge is 2.31. The van der Waals surface area contributed by atoms with E-state index in [0.717, 1.165) is 18.7 Å². The van der Waals surface area contributed by atoms with E-state index in [1.54, 1.807) is 24.2 Å². The molecule has 1 aromatic carbocycles. The lowest BCUT2D eigenvalue weighted by atomic mass is 9.94. The molecule has 0 atom stereocenters. The Morgan fingerprint density at radius 2 is 2.03 bits per heavy atom. The molecule has 0 saturated heterocycles. The molecule has 2 aliphatic rings. The molecule has 0 radical (unpaired) electrons. The quantitative estimate of drug-likeness (QED) is 0.750. The lowest BCUT2D eigenvalue weighted by Gasteiger charge is -2.35. The topological polar surface area (TPSA) is 108 Å². The Labute approximate surface area is 181 Å². The van der Waals surface area contributed by atoms with Crippen LogP contribution < -0.4 is 19.9 Å². The largest absolute Gasteiger partial charge is 0.495 e. The van der Waals surface area contributed by atoms with Gasteiger partial charge in [0, 0.05) is 26.1 Å². The van der Waals surface area contributed by atoms with Gasteiger partial charge in [-0.15, -0.1) is 0 Å². The molecule has 2 heterocycles. The number of nitrogens with one attached hydrogen (secondary N) is 1. The van der Waals surface area contributed by atoms with Crippen LogP contribution in [0.5, 0.6) is 5.75 Å². The summed E-state index contributed by atoms with van der Waals surface area (Å²) in [5.41, 5.74) is 1.40. The molecule has 1 saturated carbocycles. The van der Waals surface area contributed by atoms with Gasteiger partial charge in [0.25, 0.3) is 0 Å². The molecular weight excluding hydrogens is 398 g/mol. The number of anilines is 4. The van der Waals surface area contributed by atoms with Crippen molar-refractivity contribution in [1.29, 1.82) is 0 Å². The van der Waals surface area contributed by atoms with Crippen LogP contribution in [0, 0.1) is 0 Å². The van der Waals surface area contributed by atoms with Crippen LogP contribution in [-0.4, -0.2) is 53.7 Å². The first-order valence-electron chi connectivity index (χ1n) is 10.6. The lowest BCUT2D eigenvalue weighted by Crippen LogP contribution is -2.38. The molecule has 0 unspecified atom stereocenters. The van der Waals surface area contributed by atoms with E-state index >= 15 is 0 Å². The van der Waals surface area contributed by atoms with Crippen molar-refractivity contribution < 1.29 is 19.4 Å². The molecule has 1 aromatic heterocycles. The van der Waals surface area contributed by atoms with Gasteiger partial charge in [-0.05, 0) is 31.0 Å². The van der Waals surface area contributed by atoms with E-state index in [1.165, 1.54) is 38.5 Å². The predicted molar refractivity (Wildman–Crippen MR) is 118 cm³/mol. The molecule has 9 heteroatoms. The number of ether oxygens (including phenoxy) is 1. The number of carbonyl (C=O) groups excluding carboxylic acids is 1. The van der Waals surface area contributed by atoms with Crippen molar-refractivity contribution in [1.82, 2.24) is 9.97 Å². The van der Waals surface area contributed by atoms with Crippen LogP contribution in [0.15, 0.2) is 24.4 Å². The molecule has 31 heavy (non-hydrogen) atoms. The molecule has 164 valence electrons. The average molecular weight is 425 g/mol. The number of carboxylic acids is 1. The third-order valence-electron chi connectivity index (χ3n) is 6.03. The summed E-state index contributed by atoms with van der Waals surface area (Å²) in [4.78, 5) is 36.8. The minimum absolute atomic E-state index is 0.0507. The molecule has 1 amide bonds. The Hall–Kier alpha value is -3.36. The minimum Gasteiger partial charge on any atom is -0.495 e. The molecule has 4 rings (SSSR count). The molecule has 0 bridgehead atoms. The van der Waals surface area contributed by atoms with E-state index in [2.05, 4.69) is 15.2 Å². The Kier molecular flexibility index (Phi) is 5.92. The number of hydrogen-bond donors (Lipinski definition) is 2. The summed E-state index contributed by atoms with van der Waals surface area (Å²) in [6, 6.07) is 4.94. The van der Waals surface area contributed by atoms with Gasteiger partial charge >= 0.3 is 5.97 Å². The number of rotatable bonds is 5. The summed E-state index contributed by atoms with van der Waals surface area (Å²) in [5, 5.41) is 12.3. The highest BCUT2D eigenvalue weighted by molar-refractivity contribution is 5.97. The third kappa shape index (κ3) is 4.26. The third-order valence-corrected chi connectivity index (χ3v) is 6.03. The SMILES string of the molecule is COc1cc(C(=O)O)ccc1Nc1ncc2c(n1)N(C1CCCCC1)CCC(=O)N2C. The van der Waals surface area contributed by atoms with Gasteiger partial charge in [-0.2, -0.15) is 4.98 Å². The molecular formula is C22H27N5O4. The number of amides is 1. The van der Waals surface area contributed by atoms with Gasteiger partial charge in [0.05, 0.1) is 24.6 Å². The van der Waals surface area contributed by atoms with Crippen LogP contribution in [0.3, 0.4) is 0 Å². The number of aromatic nitrogens is 2. The molecule has 2 aromatic rings. The Morgan fingerprint density at radius 1 is 1.26 bits per heavy atom. The van der Waals surface area contributed by atoms with Crippen LogP contribution in [-0.2, 0) is 4.79 Å². The normalized spacial score (nSPS) is 17.2. The van der Waals surface area contributed by atoms with Crippen LogP contribution >= 0.6 is 0 Å². The summed E-state index contributed by atoms with van der Waals surface area (Å²) in [6.45, 7) is 0.633. The Morgan fingerprint density at radius 3 is 2.74 bits per heavy atom. The number of benzene rings is 1. The number of aromatic carboxylic acids is 1. The molecule has 0 spiro atoms. The lowest BCUT2D eigenvalue weighted by molar-refractivity contribution is -0.118. The Balaban J connectivity index is 1.69. The fourth-order valence-corrected chi connectivity index (χ4v) is 4.29. The van der Waals surface area contributed by atoms with Crippen molar-refractivity contribution in [3.8, 4) is 5.75 Å². The van der Waals surface area contributed by atoms with Crippen molar-refractivity contribution in [3.05, 3.63) is 30.0 Å². The van der Waals surface area contributed by atoms with E-state index < -0.39 is 5.97 Å². The van der Waals surface area contributed by atoms with Crippen molar-refractivity contribution in [2.45, 2.75) is 44.6 Å². The second kappa shape index (κ2) is 8.79. The van der Waals surface area contributed by atoms with Gasteiger partial charge in [0.2, 0.25) is 11.9 Å².